The summed E-state index contributed by atoms with van der Waals surface area (Å²) in [6.45, 7) is 1.02. The number of piperidine rings is 1. The maximum Gasteiger partial charge on any atom is 0.310 e. The fourth-order valence-electron chi connectivity index (χ4n) is 1.61. The molecule has 1 aliphatic heterocycles. The van der Waals surface area contributed by atoms with Gasteiger partial charge in [0.05, 0.1) is 13.0 Å². The Morgan fingerprint density at radius 3 is 2.86 bits per heavy atom. The lowest BCUT2D eigenvalue weighted by Gasteiger charge is -2.29. The van der Waals surface area contributed by atoms with Crippen molar-refractivity contribution in [2.75, 3.05) is 20.2 Å². The van der Waals surface area contributed by atoms with E-state index in [9.17, 15) is 9.59 Å². The number of carbonyl (C=O) groups excluding carboxylic acids is 2. The number of nitrogens with zero attached hydrogens (tertiary/aromatic N) is 1. The molecule has 0 bridgehead atoms. The number of ether oxygens (including phenoxy) is 1. The van der Waals surface area contributed by atoms with Crippen LogP contribution in [0.25, 0.3) is 0 Å². The lowest BCUT2D eigenvalue weighted by molar-refractivity contribution is -0.148. The van der Waals surface area contributed by atoms with Crippen molar-refractivity contribution in [3.63, 3.8) is 0 Å². The van der Waals surface area contributed by atoms with Crippen molar-refractivity contribution in [1.82, 2.24) is 4.90 Å². The van der Waals surface area contributed by atoms with Gasteiger partial charge >= 0.3 is 5.97 Å². The number of terminal acetylenes is 1. The number of methoxy groups -OCH3 is 1. The summed E-state index contributed by atoms with van der Waals surface area (Å²) in [5.74, 6) is 1.22. The normalized spacial score (nSPS) is 21.1. The number of carbonyl (C=O) groups is 2. The summed E-state index contributed by atoms with van der Waals surface area (Å²) in [4.78, 5) is 23.9. The van der Waals surface area contributed by atoms with Crippen LogP contribution in [-0.2, 0) is 14.3 Å². The van der Waals surface area contributed by atoms with Gasteiger partial charge in [-0.15, -0.1) is 6.42 Å². The minimum Gasteiger partial charge on any atom is -0.469 e. The largest absolute Gasteiger partial charge is 0.469 e. The second-order valence-corrected chi connectivity index (χ2v) is 3.26. The van der Waals surface area contributed by atoms with Gasteiger partial charge in [-0.05, 0) is 18.8 Å². The zero-order valence-corrected chi connectivity index (χ0v) is 8.16. The number of amides is 1. The van der Waals surface area contributed by atoms with Crippen LogP contribution in [-0.4, -0.2) is 37.0 Å². The first-order valence-electron chi connectivity index (χ1n) is 4.52. The molecule has 1 fully saturated rings. The smallest absolute Gasteiger partial charge is 0.310 e. The number of esters is 1. The highest BCUT2D eigenvalue weighted by Gasteiger charge is 2.28. The van der Waals surface area contributed by atoms with Gasteiger partial charge in [-0.25, -0.2) is 0 Å². The SMILES string of the molecule is C#CC(=O)N1CCCC(C(=O)OC)C1. The van der Waals surface area contributed by atoms with Crippen LogP contribution in [0.3, 0.4) is 0 Å². The number of hydrogen-bond donors (Lipinski definition) is 0. The second-order valence-electron chi connectivity index (χ2n) is 3.26. The summed E-state index contributed by atoms with van der Waals surface area (Å²) >= 11 is 0. The first kappa shape index (κ1) is 10.6. The summed E-state index contributed by atoms with van der Waals surface area (Å²) in [5.41, 5.74) is 0. The van der Waals surface area contributed by atoms with E-state index in [0.29, 0.717) is 13.1 Å². The number of hydrogen-bond acceptors (Lipinski definition) is 3. The van der Waals surface area contributed by atoms with Gasteiger partial charge in [0.15, 0.2) is 0 Å². The van der Waals surface area contributed by atoms with Gasteiger partial charge in [-0.3, -0.25) is 9.59 Å². The van der Waals surface area contributed by atoms with Crippen molar-refractivity contribution in [3.8, 4) is 12.3 Å². The van der Waals surface area contributed by atoms with Crippen molar-refractivity contribution in [1.29, 1.82) is 0 Å². The topological polar surface area (TPSA) is 46.6 Å². The lowest BCUT2D eigenvalue weighted by Crippen LogP contribution is -2.42. The van der Waals surface area contributed by atoms with E-state index in [0.717, 1.165) is 12.8 Å². The Hall–Kier alpha value is -1.50. The van der Waals surface area contributed by atoms with E-state index < -0.39 is 0 Å². The fraction of sp³-hybridized carbons (Fsp3) is 0.600. The minimum atomic E-state index is -0.349. The van der Waals surface area contributed by atoms with Crippen molar-refractivity contribution in [2.24, 2.45) is 5.92 Å². The van der Waals surface area contributed by atoms with Crippen molar-refractivity contribution < 1.29 is 14.3 Å². The van der Waals surface area contributed by atoms with Gasteiger partial charge < -0.3 is 9.64 Å². The molecule has 14 heavy (non-hydrogen) atoms. The highest BCUT2D eigenvalue weighted by molar-refractivity contribution is 5.93. The van der Waals surface area contributed by atoms with Gasteiger partial charge in [0.25, 0.3) is 5.91 Å². The zero-order chi connectivity index (χ0) is 10.6. The second kappa shape index (κ2) is 4.66. The molecule has 0 aromatic heterocycles. The number of rotatable bonds is 1. The molecule has 0 saturated carbocycles. The van der Waals surface area contributed by atoms with Crippen LogP contribution in [0.2, 0.25) is 0 Å². The van der Waals surface area contributed by atoms with Crippen molar-refractivity contribution in [2.45, 2.75) is 12.8 Å². The fourth-order valence-corrected chi connectivity index (χ4v) is 1.61. The van der Waals surface area contributed by atoms with Crippen LogP contribution in [0, 0.1) is 18.3 Å². The van der Waals surface area contributed by atoms with Crippen LogP contribution in [0.15, 0.2) is 0 Å². The third-order valence-electron chi connectivity index (χ3n) is 2.37. The maximum absolute atomic E-state index is 11.2. The van der Waals surface area contributed by atoms with E-state index in [1.165, 1.54) is 12.0 Å². The first-order chi connectivity index (χ1) is 6.69. The zero-order valence-electron chi connectivity index (χ0n) is 8.16. The predicted octanol–water partition coefficient (Wildman–Crippen LogP) is 0.0312. The van der Waals surface area contributed by atoms with Crippen LogP contribution >= 0.6 is 0 Å². The molecule has 0 aromatic carbocycles. The van der Waals surface area contributed by atoms with Crippen molar-refractivity contribution in [3.05, 3.63) is 0 Å². The standard InChI is InChI=1S/C10H13NO3/c1-3-9(12)11-6-4-5-8(7-11)10(13)14-2/h1,8H,4-7H2,2H3. The highest BCUT2D eigenvalue weighted by atomic mass is 16.5. The van der Waals surface area contributed by atoms with E-state index in [-0.39, 0.29) is 17.8 Å². The average molecular weight is 195 g/mol. The Bertz CT molecular complexity index is 280. The quantitative estimate of drug-likeness (QED) is 0.438. The molecule has 0 radical (unpaired) electrons. The average Bonchev–Trinajstić information content (AvgIpc) is 2.27. The molecular formula is C10H13NO3. The van der Waals surface area contributed by atoms with Crippen LogP contribution in [0.4, 0.5) is 0 Å². The van der Waals surface area contributed by atoms with E-state index >= 15 is 0 Å². The summed E-state index contributed by atoms with van der Waals surface area (Å²) in [6.07, 6.45) is 6.56. The molecule has 1 heterocycles. The van der Waals surface area contributed by atoms with Crippen molar-refractivity contribution >= 4 is 11.9 Å². The highest BCUT2D eigenvalue weighted by Crippen LogP contribution is 2.17. The molecule has 1 unspecified atom stereocenters. The molecule has 1 rings (SSSR count). The summed E-state index contributed by atoms with van der Waals surface area (Å²) in [7, 11) is 1.35. The summed E-state index contributed by atoms with van der Waals surface area (Å²) < 4.78 is 4.62. The molecule has 1 saturated heterocycles. The minimum absolute atomic E-state index is 0.217. The molecule has 0 spiro atoms. The molecular weight excluding hydrogens is 182 g/mol. The Morgan fingerprint density at radius 2 is 2.29 bits per heavy atom. The third kappa shape index (κ3) is 2.25. The molecule has 4 heteroatoms. The molecule has 0 N–H and O–H groups in total. The molecule has 0 aromatic rings. The Labute approximate surface area is 83.2 Å². The van der Waals surface area contributed by atoms with Gasteiger partial charge in [-0.2, -0.15) is 0 Å². The van der Waals surface area contributed by atoms with Gasteiger partial charge in [-0.1, -0.05) is 0 Å². The van der Waals surface area contributed by atoms with Gasteiger partial charge in [0.1, 0.15) is 0 Å². The Balaban J connectivity index is 2.57. The Kier molecular flexibility index (Phi) is 3.52. The third-order valence-corrected chi connectivity index (χ3v) is 2.37. The molecule has 4 nitrogen and oxygen atoms in total. The first-order valence-corrected chi connectivity index (χ1v) is 4.52. The molecule has 1 atom stereocenters. The molecule has 1 aliphatic rings. The van der Waals surface area contributed by atoms with E-state index in [1.807, 2.05) is 5.92 Å². The predicted molar refractivity (Wildman–Crippen MR) is 50.2 cm³/mol. The Morgan fingerprint density at radius 1 is 1.57 bits per heavy atom. The van der Waals surface area contributed by atoms with Crippen LogP contribution in [0.1, 0.15) is 12.8 Å². The van der Waals surface area contributed by atoms with E-state index in [1.54, 1.807) is 0 Å². The maximum atomic E-state index is 11.2. The van der Waals surface area contributed by atoms with E-state index in [2.05, 4.69) is 4.74 Å². The molecule has 76 valence electrons. The molecule has 1 amide bonds. The van der Waals surface area contributed by atoms with Gasteiger partial charge in [0.2, 0.25) is 0 Å². The number of likely N-dealkylation sites (tertiary alicyclic amines) is 1. The van der Waals surface area contributed by atoms with E-state index in [4.69, 9.17) is 6.42 Å². The lowest BCUT2D eigenvalue weighted by atomic mass is 9.98. The van der Waals surface area contributed by atoms with Crippen LogP contribution in [0.5, 0.6) is 0 Å². The van der Waals surface area contributed by atoms with Gasteiger partial charge in [0, 0.05) is 13.1 Å². The summed E-state index contributed by atoms with van der Waals surface area (Å²) in [6, 6.07) is 0. The molecule has 0 aliphatic carbocycles. The van der Waals surface area contributed by atoms with Crippen LogP contribution < -0.4 is 0 Å². The summed E-state index contributed by atoms with van der Waals surface area (Å²) in [5, 5.41) is 0. The monoisotopic (exact) mass is 195 g/mol.